The fourth-order valence-electron chi connectivity index (χ4n) is 3.86. The first-order valence-electron chi connectivity index (χ1n) is 10.1. The van der Waals surface area contributed by atoms with Gasteiger partial charge < -0.3 is 9.64 Å². The van der Waals surface area contributed by atoms with Crippen LogP contribution in [0, 0.1) is 0 Å². The van der Waals surface area contributed by atoms with E-state index in [4.69, 9.17) is 4.74 Å². The van der Waals surface area contributed by atoms with Crippen molar-refractivity contribution < 1.29 is 22.7 Å². The fourth-order valence-corrected chi connectivity index (χ4v) is 5.43. The number of hydrogen-bond donors (Lipinski definition) is 0. The molecule has 0 radical (unpaired) electrons. The molecule has 0 saturated carbocycles. The molecule has 2 heterocycles. The third-order valence-electron chi connectivity index (χ3n) is 5.46. The molecule has 4 rings (SSSR count). The molecule has 2 aromatic carbocycles. The van der Waals surface area contributed by atoms with Crippen molar-refractivity contribution in [2.24, 2.45) is 0 Å². The van der Waals surface area contributed by atoms with Gasteiger partial charge in [-0.3, -0.25) is 9.10 Å². The topological polar surface area (TPSA) is 84.0 Å². The molecule has 0 aromatic heterocycles. The molecule has 7 nitrogen and oxygen atoms in total. The lowest BCUT2D eigenvalue weighted by molar-refractivity contribution is -0.140. The Balaban J connectivity index is 1.53. The van der Waals surface area contributed by atoms with E-state index < -0.39 is 22.1 Å². The molecule has 2 aromatic rings. The summed E-state index contributed by atoms with van der Waals surface area (Å²) < 4.78 is 31.1. The number of anilines is 1. The lowest BCUT2D eigenvalue weighted by Crippen LogP contribution is -2.34. The zero-order valence-electron chi connectivity index (χ0n) is 16.6. The molecule has 0 bridgehead atoms. The molecule has 158 valence electrons. The number of carbonyl (C=O) groups excluding carboxylic acids is 2. The molecule has 1 amide bonds. The Bertz CT molecular complexity index is 1020. The van der Waals surface area contributed by atoms with Crippen LogP contribution in [0.3, 0.4) is 0 Å². The molecule has 0 spiro atoms. The molecule has 1 unspecified atom stereocenters. The molecular weight excluding hydrogens is 404 g/mol. The van der Waals surface area contributed by atoms with Crippen molar-refractivity contribution in [3.05, 3.63) is 65.7 Å². The first-order chi connectivity index (χ1) is 14.5. The summed E-state index contributed by atoms with van der Waals surface area (Å²) in [5.74, 6) is -0.701. The number of ether oxygens (including phenoxy) is 1. The SMILES string of the molecule is O=C(OC(C(=O)N1CCCC1)c1ccccc1)c1ccc(N2CCCS2(=O)=O)cc1. The highest BCUT2D eigenvalue weighted by Gasteiger charge is 2.32. The van der Waals surface area contributed by atoms with Crippen molar-refractivity contribution in [3.8, 4) is 0 Å². The first-order valence-corrected chi connectivity index (χ1v) is 11.7. The first kappa shape index (κ1) is 20.4. The van der Waals surface area contributed by atoms with Crippen molar-refractivity contribution in [1.29, 1.82) is 0 Å². The average molecular weight is 429 g/mol. The van der Waals surface area contributed by atoms with Crippen LogP contribution in [0.1, 0.15) is 41.3 Å². The van der Waals surface area contributed by atoms with E-state index in [0.29, 0.717) is 37.3 Å². The fraction of sp³-hybridized carbons (Fsp3) is 0.364. The second-order valence-corrected chi connectivity index (χ2v) is 9.53. The van der Waals surface area contributed by atoms with E-state index in [-0.39, 0.29) is 17.2 Å². The van der Waals surface area contributed by atoms with Crippen LogP contribution in [-0.2, 0) is 19.6 Å². The number of sulfonamides is 1. The van der Waals surface area contributed by atoms with Gasteiger partial charge in [0.05, 0.1) is 17.0 Å². The minimum Gasteiger partial charge on any atom is -0.444 e. The van der Waals surface area contributed by atoms with E-state index in [1.165, 1.54) is 16.4 Å². The van der Waals surface area contributed by atoms with Gasteiger partial charge in [-0.1, -0.05) is 30.3 Å². The van der Waals surface area contributed by atoms with Crippen LogP contribution in [0.5, 0.6) is 0 Å². The largest absolute Gasteiger partial charge is 0.444 e. The Kier molecular flexibility index (Phi) is 5.76. The second kappa shape index (κ2) is 8.47. The van der Waals surface area contributed by atoms with Gasteiger partial charge in [-0.15, -0.1) is 0 Å². The average Bonchev–Trinajstić information content (AvgIpc) is 3.41. The third kappa shape index (κ3) is 4.18. The summed E-state index contributed by atoms with van der Waals surface area (Å²) in [7, 11) is -3.28. The van der Waals surface area contributed by atoms with Gasteiger partial charge >= 0.3 is 5.97 Å². The number of benzene rings is 2. The van der Waals surface area contributed by atoms with Crippen LogP contribution < -0.4 is 4.31 Å². The number of nitrogens with zero attached hydrogens (tertiary/aromatic N) is 2. The maximum absolute atomic E-state index is 13.0. The van der Waals surface area contributed by atoms with Gasteiger partial charge in [-0.05, 0) is 43.5 Å². The zero-order chi connectivity index (χ0) is 21.1. The minimum absolute atomic E-state index is 0.133. The van der Waals surface area contributed by atoms with E-state index in [1.807, 2.05) is 6.07 Å². The highest BCUT2D eigenvalue weighted by atomic mass is 32.2. The van der Waals surface area contributed by atoms with Gasteiger partial charge in [0.1, 0.15) is 0 Å². The van der Waals surface area contributed by atoms with Crippen molar-refractivity contribution in [2.45, 2.75) is 25.4 Å². The van der Waals surface area contributed by atoms with Crippen LogP contribution in [-0.4, -0.2) is 50.6 Å². The van der Waals surface area contributed by atoms with Gasteiger partial charge in [0.2, 0.25) is 16.1 Å². The molecule has 2 aliphatic heterocycles. The van der Waals surface area contributed by atoms with Crippen molar-refractivity contribution in [1.82, 2.24) is 4.90 Å². The molecule has 2 aliphatic rings. The van der Waals surface area contributed by atoms with E-state index >= 15 is 0 Å². The van der Waals surface area contributed by atoms with Gasteiger partial charge in [0.15, 0.2) is 0 Å². The summed E-state index contributed by atoms with van der Waals surface area (Å²) in [6, 6.07) is 15.3. The van der Waals surface area contributed by atoms with Gasteiger partial charge in [-0.2, -0.15) is 0 Å². The molecular formula is C22H24N2O5S. The van der Waals surface area contributed by atoms with Crippen LogP contribution >= 0.6 is 0 Å². The maximum atomic E-state index is 13.0. The number of amides is 1. The number of likely N-dealkylation sites (tertiary alicyclic amines) is 1. The Morgan fingerprint density at radius 2 is 1.53 bits per heavy atom. The van der Waals surface area contributed by atoms with Gasteiger partial charge in [-0.25, -0.2) is 13.2 Å². The molecule has 2 saturated heterocycles. The van der Waals surface area contributed by atoms with Gasteiger partial charge in [0.25, 0.3) is 5.91 Å². The Morgan fingerprint density at radius 1 is 0.867 bits per heavy atom. The monoisotopic (exact) mass is 428 g/mol. The molecule has 0 N–H and O–H groups in total. The number of esters is 1. The van der Waals surface area contributed by atoms with E-state index in [1.54, 1.807) is 41.3 Å². The Labute approximate surface area is 176 Å². The summed E-state index contributed by atoms with van der Waals surface area (Å²) in [5, 5.41) is 0. The second-order valence-electron chi connectivity index (χ2n) is 7.52. The summed E-state index contributed by atoms with van der Waals surface area (Å²) >= 11 is 0. The lowest BCUT2D eigenvalue weighted by atomic mass is 10.1. The summed E-state index contributed by atoms with van der Waals surface area (Å²) in [6.45, 7) is 1.77. The van der Waals surface area contributed by atoms with Crippen LogP contribution in [0.4, 0.5) is 5.69 Å². The van der Waals surface area contributed by atoms with Crippen molar-refractivity contribution in [3.63, 3.8) is 0 Å². The smallest absolute Gasteiger partial charge is 0.339 e. The Morgan fingerprint density at radius 3 is 2.13 bits per heavy atom. The van der Waals surface area contributed by atoms with E-state index in [0.717, 1.165) is 12.8 Å². The summed E-state index contributed by atoms with van der Waals surface area (Å²) in [6.07, 6.45) is 1.48. The van der Waals surface area contributed by atoms with E-state index in [9.17, 15) is 18.0 Å². The maximum Gasteiger partial charge on any atom is 0.339 e. The molecule has 8 heteroatoms. The van der Waals surface area contributed by atoms with Gasteiger partial charge in [0, 0.05) is 25.2 Å². The standard InChI is InChI=1S/C22H24N2O5S/c25-21(23-13-4-5-14-23)20(17-7-2-1-3-8-17)29-22(26)18-9-11-19(12-10-18)24-15-6-16-30(24,27)28/h1-3,7-12,20H,4-6,13-16H2. The molecule has 1 atom stereocenters. The predicted molar refractivity (Wildman–Crippen MR) is 113 cm³/mol. The van der Waals surface area contributed by atoms with Crippen LogP contribution in [0.25, 0.3) is 0 Å². The third-order valence-corrected chi connectivity index (χ3v) is 7.33. The van der Waals surface area contributed by atoms with E-state index in [2.05, 4.69) is 0 Å². The predicted octanol–water partition coefficient (Wildman–Crippen LogP) is 2.75. The van der Waals surface area contributed by atoms with Crippen LogP contribution in [0.15, 0.2) is 54.6 Å². The lowest BCUT2D eigenvalue weighted by Gasteiger charge is -2.23. The summed E-state index contributed by atoms with van der Waals surface area (Å²) in [4.78, 5) is 27.5. The zero-order valence-corrected chi connectivity index (χ0v) is 17.4. The number of hydrogen-bond acceptors (Lipinski definition) is 5. The molecule has 30 heavy (non-hydrogen) atoms. The quantitative estimate of drug-likeness (QED) is 0.684. The van der Waals surface area contributed by atoms with Crippen molar-refractivity contribution in [2.75, 3.05) is 29.7 Å². The minimum atomic E-state index is -3.28. The highest BCUT2D eigenvalue weighted by Crippen LogP contribution is 2.27. The number of rotatable bonds is 5. The highest BCUT2D eigenvalue weighted by molar-refractivity contribution is 7.93. The summed E-state index contributed by atoms with van der Waals surface area (Å²) in [5.41, 5.74) is 1.42. The number of carbonyl (C=O) groups is 2. The normalized spacial score (nSPS) is 18.9. The van der Waals surface area contributed by atoms with Crippen LogP contribution in [0.2, 0.25) is 0 Å². The van der Waals surface area contributed by atoms with Crippen molar-refractivity contribution >= 4 is 27.6 Å². The molecule has 2 fully saturated rings. The Hall–Kier alpha value is -2.87. The molecule has 0 aliphatic carbocycles.